The molecule has 2 heterocycles. The quantitative estimate of drug-likeness (QED) is 0.925. The fourth-order valence-electron chi connectivity index (χ4n) is 3.92. The number of aryl methyl sites for hydroxylation is 2. The van der Waals surface area contributed by atoms with Crippen molar-refractivity contribution in [1.29, 1.82) is 0 Å². The van der Waals surface area contributed by atoms with Gasteiger partial charge in [0.2, 0.25) is 5.89 Å². The monoisotopic (exact) mass is 341 g/mol. The fourth-order valence-corrected chi connectivity index (χ4v) is 3.92. The number of nitrogens with one attached hydrogen (secondary N) is 1. The number of aromatic nitrogens is 2. The third-order valence-corrected chi connectivity index (χ3v) is 5.22. The summed E-state index contributed by atoms with van der Waals surface area (Å²) in [6.45, 7) is 3.19. The Morgan fingerprint density at radius 1 is 1.28 bits per heavy atom. The normalized spacial score (nSPS) is 18.8. The predicted octanol–water partition coefficient (Wildman–Crippen LogP) is 2.76. The maximum absolute atomic E-state index is 13.0. The van der Waals surface area contributed by atoms with Crippen molar-refractivity contribution >= 4 is 5.91 Å². The number of carbonyl (C=O) groups excluding carboxylic acids is 1. The lowest BCUT2D eigenvalue weighted by molar-refractivity contribution is 0.0467. The van der Waals surface area contributed by atoms with Crippen molar-refractivity contribution in [2.75, 3.05) is 13.2 Å². The molecule has 1 fully saturated rings. The summed E-state index contributed by atoms with van der Waals surface area (Å²) in [5, 5.41) is 7.07. The lowest BCUT2D eigenvalue weighted by Crippen LogP contribution is -2.36. The zero-order valence-electron chi connectivity index (χ0n) is 14.5. The van der Waals surface area contributed by atoms with Crippen LogP contribution in [-0.2, 0) is 17.6 Å². The smallest absolute Gasteiger partial charge is 0.252 e. The van der Waals surface area contributed by atoms with Gasteiger partial charge in [-0.1, -0.05) is 17.3 Å². The minimum atomic E-state index is -0.269. The Kier molecular flexibility index (Phi) is 4.53. The molecule has 2 aliphatic rings. The second-order valence-corrected chi connectivity index (χ2v) is 6.88. The summed E-state index contributed by atoms with van der Waals surface area (Å²) in [6.07, 6.45) is 4.90. The van der Waals surface area contributed by atoms with Gasteiger partial charge in [-0.25, -0.2) is 0 Å². The molecule has 25 heavy (non-hydrogen) atoms. The molecule has 2 aromatic rings. The number of nitrogens with zero attached hydrogens (tertiary/aromatic N) is 2. The third kappa shape index (κ3) is 3.31. The van der Waals surface area contributed by atoms with Crippen molar-refractivity contribution < 1.29 is 14.1 Å². The molecular weight excluding hydrogens is 318 g/mol. The minimum absolute atomic E-state index is 0.0499. The Labute approximate surface area is 147 Å². The molecule has 0 unspecified atom stereocenters. The molecule has 132 valence electrons. The van der Waals surface area contributed by atoms with Crippen LogP contribution < -0.4 is 5.32 Å². The zero-order chi connectivity index (χ0) is 17.2. The third-order valence-electron chi connectivity index (χ3n) is 5.22. The van der Waals surface area contributed by atoms with Crippen molar-refractivity contribution in [3.05, 3.63) is 46.6 Å². The van der Waals surface area contributed by atoms with E-state index in [0.717, 1.165) is 37.7 Å². The van der Waals surface area contributed by atoms with Crippen LogP contribution in [0, 0.1) is 12.8 Å². The van der Waals surface area contributed by atoms with Gasteiger partial charge in [-0.05, 0) is 62.1 Å². The predicted molar refractivity (Wildman–Crippen MR) is 91.3 cm³/mol. The largest absolute Gasteiger partial charge is 0.381 e. The first kappa shape index (κ1) is 16.3. The summed E-state index contributed by atoms with van der Waals surface area (Å²) < 4.78 is 10.9. The van der Waals surface area contributed by atoms with Gasteiger partial charge in [0, 0.05) is 18.8 Å². The Morgan fingerprint density at radius 3 is 2.88 bits per heavy atom. The topological polar surface area (TPSA) is 77.2 Å². The highest BCUT2D eigenvalue weighted by Gasteiger charge is 2.32. The standard InChI is InChI=1S/C19H23N3O3/c1-12-20-19(25-22-12)17(14-8-10-24-11-9-14)21-18(23)16-7-3-5-13-4-2-6-15(13)16/h3,5,7,14,17H,2,4,6,8-11H2,1H3,(H,21,23)/t17-/m0/s1. The molecule has 1 atom stereocenters. The van der Waals surface area contributed by atoms with Gasteiger partial charge in [-0.3, -0.25) is 4.79 Å². The number of benzene rings is 1. The molecule has 1 aromatic carbocycles. The summed E-state index contributed by atoms with van der Waals surface area (Å²) in [5.74, 6) is 1.27. The maximum atomic E-state index is 13.0. The minimum Gasteiger partial charge on any atom is -0.381 e. The molecular formula is C19H23N3O3. The number of hydrogen-bond acceptors (Lipinski definition) is 5. The lowest BCUT2D eigenvalue weighted by Gasteiger charge is -2.28. The first-order valence-corrected chi connectivity index (χ1v) is 9.02. The van der Waals surface area contributed by atoms with Crippen LogP contribution in [0.2, 0.25) is 0 Å². The van der Waals surface area contributed by atoms with Crippen molar-refractivity contribution in [2.45, 2.75) is 45.1 Å². The van der Waals surface area contributed by atoms with Crippen molar-refractivity contribution in [3.8, 4) is 0 Å². The van der Waals surface area contributed by atoms with Gasteiger partial charge in [0.25, 0.3) is 5.91 Å². The highest BCUT2D eigenvalue weighted by Crippen LogP contribution is 2.31. The van der Waals surface area contributed by atoms with E-state index in [4.69, 9.17) is 9.26 Å². The van der Waals surface area contributed by atoms with Crippen LogP contribution in [0.1, 0.15) is 58.5 Å². The number of carbonyl (C=O) groups is 1. The van der Waals surface area contributed by atoms with E-state index in [2.05, 4.69) is 21.5 Å². The van der Waals surface area contributed by atoms with Crippen LogP contribution in [0.15, 0.2) is 22.7 Å². The Balaban J connectivity index is 1.60. The van der Waals surface area contributed by atoms with E-state index in [-0.39, 0.29) is 17.9 Å². The number of amides is 1. The number of ether oxygens (including phenoxy) is 1. The van der Waals surface area contributed by atoms with Crippen LogP contribution in [0.25, 0.3) is 0 Å². The number of rotatable bonds is 4. The maximum Gasteiger partial charge on any atom is 0.252 e. The molecule has 0 saturated carbocycles. The van der Waals surface area contributed by atoms with Gasteiger partial charge in [-0.15, -0.1) is 0 Å². The van der Waals surface area contributed by atoms with Crippen LogP contribution in [0.4, 0.5) is 0 Å². The molecule has 0 bridgehead atoms. The average Bonchev–Trinajstić information content (AvgIpc) is 3.28. The SMILES string of the molecule is Cc1noc([C@@H](NC(=O)c2cccc3c2CCC3)C2CCOCC2)n1. The van der Waals surface area contributed by atoms with Gasteiger partial charge in [0.1, 0.15) is 6.04 Å². The van der Waals surface area contributed by atoms with Gasteiger partial charge in [-0.2, -0.15) is 4.98 Å². The van der Waals surface area contributed by atoms with E-state index < -0.39 is 0 Å². The molecule has 6 nitrogen and oxygen atoms in total. The van der Waals surface area contributed by atoms with Gasteiger partial charge < -0.3 is 14.6 Å². The highest BCUT2D eigenvalue weighted by molar-refractivity contribution is 5.96. The van der Waals surface area contributed by atoms with Crippen molar-refractivity contribution in [1.82, 2.24) is 15.5 Å². The van der Waals surface area contributed by atoms with Crippen LogP contribution >= 0.6 is 0 Å². The molecule has 1 saturated heterocycles. The first-order chi connectivity index (χ1) is 12.2. The Bertz CT molecular complexity index is 765. The number of fused-ring (bicyclic) bond motifs is 1. The summed E-state index contributed by atoms with van der Waals surface area (Å²) in [4.78, 5) is 17.4. The van der Waals surface area contributed by atoms with E-state index >= 15 is 0 Å². The molecule has 0 radical (unpaired) electrons. The molecule has 1 aliphatic heterocycles. The zero-order valence-corrected chi connectivity index (χ0v) is 14.5. The first-order valence-electron chi connectivity index (χ1n) is 9.02. The van der Waals surface area contributed by atoms with E-state index in [0.29, 0.717) is 24.9 Å². The summed E-state index contributed by atoms with van der Waals surface area (Å²) in [5.41, 5.74) is 3.26. The van der Waals surface area contributed by atoms with Gasteiger partial charge in [0.05, 0.1) is 0 Å². The van der Waals surface area contributed by atoms with Gasteiger partial charge >= 0.3 is 0 Å². The van der Waals surface area contributed by atoms with Crippen LogP contribution in [-0.4, -0.2) is 29.3 Å². The Morgan fingerprint density at radius 2 is 2.12 bits per heavy atom. The molecule has 1 N–H and O–H groups in total. The molecule has 1 aliphatic carbocycles. The van der Waals surface area contributed by atoms with Gasteiger partial charge in [0.15, 0.2) is 5.82 Å². The second kappa shape index (κ2) is 6.96. The molecule has 0 spiro atoms. The second-order valence-electron chi connectivity index (χ2n) is 6.88. The molecule has 6 heteroatoms. The molecule has 4 rings (SSSR count). The van der Waals surface area contributed by atoms with Crippen molar-refractivity contribution in [3.63, 3.8) is 0 Å². The van der Waals surface area contributed by atoms with Crippen LogP contribution in [0.3, 0.4) is 0 Å². The van der Waals surface area contributed by atoms with Crippen LogP contribution in [0.5, 0.6) is 0 Å². The summed E-state index contributed by atoms with van der Waals surface area (Å²) >= 11 is 0. The molecule has 1 amide bonds. The van der Waals surface area contributed by atoms with E-state index in [1.54, 1.807) is 6.92 Å². The fraction of sp³-hybridized carbons (Fsp3) is 0.526. The Hall–Kier alpha value is -2.21. The number of hydrogen-bond donors (Lipinski definition) is 1. The van der Waals surface area contributed by atoms with E-state index in [1.165, 1.54) is 11.1 Å². The van der Waals surface area contributed by atoms with E-state index in [1.807, 2.05) is 12.1 Å². The highest BCUT2D eigenvalue weighted by atomic mass is 16.5. The summed E-state index contributed by atoms with van der Waals surface area (Å²) in [6, 6.07) is 5.74. The van der Waals surface area contributed by atoms with E-state index in [9.17, 15) is 4.79 Å². The summed E-state index contributed by atoms with van der Waals surface area (Å²) in [7, 11) is 0. The molecule has 1 aromatic heterocycles. The lowest BCUT2D eigenvalue weighted by atomic mass is 9.91. The van der Waals surface area contributed by atoms with Crippen molar-refractivity contribution in [2.24, 2.45) is 5.92 Å². The average molecular weight is 341 g/mol.